The molecule has 0 aliphatic carbocycles. The van der Waals surface area contributed by atoms with Crippen LogP contribution in [-0.4, -0.2) is 57.2 Å². The zero-order valence-corrected chi connectivity index (χ0v) is 15.6. The topological polar surface area (TPSA) is 103 Å². The first-order chi connectivity index (χ1) is 13.1. The minimum atomic E-state index is -1.79. The lowest BCUT2D eigenvalue weighted by atomic mass is 10.0. The number of hydrogen-bond acceptors (Lipinski definition) is 6. The predicted molar refractivity (Wildman–Crippen MR) is 101 cm³/mol. The lowest BCUT2D eigenvalue weighted by Gasteiger charge is -2.28. The summed E-state index contributed by atoms with van der Waals surface area (Å²) >= 11 is 1.58. The standard InChI is InChI=1S/C19H23N3O4S/c23-16(18(25)21-10-7-14-3-2-12-27-14)17(24)19(26)22-11-1-4-15(22)13-5-8-20-9-6-13/h2-3,5-6,8-9,12,15-17,23-24H,1,4,7,10-11H2,(H,21,25)/t15?,16-,17-/m1/s1. The Morgan fingerprint density at radius 3 is 2.74 bits per heavy atom. The minimum Gasteiger partial charge on any atom is -0.380 e. The molecule has 2 aromatic rings. The third-order valence-electron chi connectivity index (χ3n) is 4.70. The van der Waals surface area contributed by atoms with E-state index in [4.69, 9.17) is 0 Å². The minimum absolute atomic E-state index is 0.177. The molecule has 0 radical (unpaired) electrons. The molecule has 1 saturated heterocycles. The van der Waals surface area contributed by atoms with Gasteiger partial charge in [-0.05, 0) is 48.4 Å². The number of aromatic nitrogens is 1. The fourth-order valence-electron chi connectivity index (χ4n) is 3.28. The molecule has 0 saturated carbocycles. The van der Waals surface area contributed by atoms with Crippen LogP contribution < -0.4 is 5.32 Å². The fourth-order valence-corrected chi connectivity index (χ4v) is 3.99. The van der Waals surface area contributed by atoms with E-state index >= 15 is 0 Å². The Morgan fingerprint density at radius 1 is 1.26 bits per heavy atom. The molecule has 0 bridgehead atoms. The summed E-state index contributed by atoms with van der Waals surface area (Å²) in [4.78, 5) is 31.4. The van der Waals surface area contributed by atoms with Crippen molar-refractivity contribution in [3.8, 4) is 0 Å². The molecule has 2 aromatic heterocycles. The number of amides is 2. The van der Waals surface area contributed by atoms with Crippen molar-refractivity contribution in [2.45, 2.75) is 37.5 Å². The van der Waals surface area contributed by atoms with Gasteiger partial charge in [0.25, 0.3) is 11.8 Å². The van der Waals surface area contributed by atoms with Gasteiger partial charge in [-0.15, -0.1) is 11.3 Å². The van der Waals surface area contributed by atoms with Gasteiger partial charge in [0.15, 0.2) is 12.2 Å². The smallest absolute Gasteiger partial charge is 0.255 e. The molecule has 27 heavy (non-hydrogen) atoms. The molecule has 3 atom stereocenters. The van der Waals surface area contributed by atoms with Crippen LogP contribution in [0.3, 0.4) is 0 Å². The molecule has 144 valence electrons. The highest BCUT2D eigenvalue weighted by Gasteiger charge is 2.38. The van der Waals surface area contributed by atoms with Crippen LogP contribution in [0.1, 0.15) is 29.3 Å². The number of nitrogens with zero attached hydrogens (tertiary/aromatic N) is 2. The van der Waals surface area contributed by atoms with Crippen LogP contribution in [0.15, 0.2) is 42.0 Å². The second-order valence-corrected chi connectivity index (χ2v) is 7.51. The van der Waals surface area contributed by atoms with Crippen molar-refractivity contribution in [3.05, 3.63) is 52.5 Å². The molecule has 1 fully saturated rings. The van der Waals surface area contributed by atoms with E-state index in [1.54, 1.807) is 23.7 Å². The number of carbonyl (C=O) groups excluding carboxylic acids is 2. The molecule has 1 aliphatic rings. The van der Waals surface area contributed by atoms with E-state index in [9.17, 15) is 19.8 Å². The summed E-state index contributed by atoms with van der Waals surface area (Å²) in [6.45, 7) is 0.816. The van der Waals surface area contributed by atoms with Gasteiger partial charge in [0.1, 0.15) is 0 Å². The van der Waals surface area contributed by atoms with Crippen molar-refractivity contribution in [2.75, 3.05) is 13.1 Å². The summed E-state index contributed by atoms with van der Waals surface area (Å²) in [5.41, 5.74) is 0.929. The molecule has 3 N–H and O–H groups in total. The average Bonchev–Trinajstić information content (AvgIpc) is 3.38. The van der Waals surface area contributed by atoms with Crippen molar-refractivity contribution in [1.29, 1.82) is 0 Å². The summed E-state index contributed by atoms with van der Waals surface area (Å²) in [6, 6.07) is 7.36. The summed E-state index contributed by atoms with van der Waals surface area (Å²) in [5, 5.41) is 24.9. The van der Waals surface area contributed by atoms with Crippen LogP contribution in [-0.2, 0) is 16.0 Å². The summed E-state index contributed by atoms with van der Waals surface area (Å²) in [5.74, 6) is -1.37. The van der Waals surface area contributed by atoms with Crippen LogP contribution in [0.25, 0.3) is 0 Å². The number of aliphatic hydroxyl groups excluding tert-OH is 2. The fraction of sp³-hybridized carbons (Fsp3) is 0.421. The molecule has 0 aromatic carbocycles. The van der Waals surface area contributed by atoms with Gasteiger partial charge in [-0.2, -0.15) is 0 Å². The molecule has 2 amide bonds. The highest BCUT2D eigenvalue weighted by Crippen LogP contribution is 2.32. The third-order valence-corrected chi connectivity index (χ3v) is 5.63. The first-order valence-electron chi connectivity index (χ1n) is 8.94. The summed E-state index contributed by atoms with van der Waals surface area (Å²) in [6.07, 6.45) is 1.94. The van der Waals surface area contributed by atoms with Crippen molar-refractivity contribution < 1.29 is 19.8 Å². The first kappa shape index (κ1) is 19.5. The van der Waals surface area contributed by atoms with Crippen molar-refractivity contribution in [3.63, 3.8) is 0 Å². The maximum absolute atomic E-state index is 12.7. The monoisotopic (exact) mass is 389 g/mol. The average molecular weight is 389 g/mol. The zero-order valence-electron chi connectivity index (χ0n) is 14.8. The summed E-state index contributed by atoms with van der Waals surface area (Å²) in [7, 11) is 0. The molecule has 1 unspecified atom stereocenters. The Labute approximate surface area is 161 Å². The molecule has 3 heterocycles. The Balaban J connectivity index is 1.56. The summed E-state index contributed by atoms with van der Waals surface area (Å²) < 4.78 is 0. The SMILES string of the molecule is O=C(NCCc1cccs1)[C@H](O)[C@@H](O)C(=O)N1CCCC1c1ccncc1. The van der Waals surface area contributed by atoms with Gasteiger partial charge in [-0.3, -0.25) is 14.6 Å². The van der Waals surface area contributed by atoms with E-state index < -0.39 is 24.0 Å². The van der Waals surface area contributed by atoms with Gasteiger partial charge in [-0.1, -0.05) is 6.07 Å². The van der Waals surface area contributed by atoms with E-state index in [0.717, 1.165) is 23.3 Å². The largest absolute Gasteiger partial charge is 0.380 e. The van der Waals surface area contributed by atoms with Crippen molar-refractivity contribution in [1.82, 2.24) is 15.2 Å². The van der Waals surface area contributed by atoms with E-state index in [-0.39, 0.29) is 6.04 Å². The lowest BCUT2D eigenvalue weighted by Crippen LogP contribution is -2.50. The number of aliphatic hydroxyl groups is 2. The van der Waals surface area contributed by atoms with Gasteiger partial charge >= 0.3 is 0 Å². The van der Waals surface area contributed by atoms with Crippen LogP contribution in [0, 0.1) is 0 Å². The van der Waals surface area contributed by atoms with E-state index in [2.05, 4.69) is 10.3 Å². The molecule has 0 spiro atoms. The van der Waals surface area contributed by atoms with Gasteiger partial charge in [0.2, 0.25) is 0 Å². The number of rotatable bonds is 7. The Bertz CT molecular complexity index is 754. The van der Waals surface area contributed by atoms with Crippen LogP contribution in [0.5, 0.6) is 0 Å². The lowest BCUT2D eigenvalue weighted by molar-refractivity contribution is -0.153. The number of hydrogen-bond donors (Lipinski definition) is 3. The number of carbonyl (C=O) groups is 2. The Kier molecular flexibility index (Phi) is 6.54. The molecular weight excluding hydrogens is 366 g/mol. The molecular formula is C19H23N3O4S. The number of nitrogens with one attached hydrogen (secondary N) is 1. The second-order valence-electron chi connectivity index (χ2n) is 6.48. The Morgan fingerprint density at radius 2 is 2.04 bits per heavy atom. The highest BCUT2D eigenvalue weighted by atomic mass is 32.1. The maximum atomic E-state index is 12.7. The van der Waals surface area contributed by atoms with E-state index in [0.29, 0.717) is 19.5 Å². The van der Waals surface area contributed by atoms with Crippen LogP contribution >= 0.6 is 11.3 Å². The highest BCUT2D eigenvalue weighted by molar-refractivity contribution is 7.09. The van der Waals surface area contributed by atoms with Gasteiger partial charge in [0.05, 0.1) is 6.04 Å². The zero-order chi connectivity index (χ0) is 19.2. The first-order valence-corrected chi connectivity index (χ1v) is 9.82. The number of likely N-dealkylation sites (tertiary alicyclic amines) is 1. The molecule has 7 nitrogen and oxygen atoms in total. The third kappa shape index (κ3) is 4.71. The van der Waals surface area contributed by atoms with E-state index in [1.165, 1.54) is 4.90 Å². The predicted octanol–water partition coefficient (Wildman–Crippen LogP) is 0.887. The van der Waals surface area contributed by atoms with Crippen molar-refractivity contribution >= 4 is 23.2 Å². The quantitative estimate of drug-likeness (QED) is 0.653. The van der Waals surface area contributed by atoms with Crippen molar-refractivity contribution in [2.24, 2.45) is 0 Å². The van der Waals surface area contributed by atoms with E-state index in [1.807, 2.05) is 29.6 Å². The van der Waals surface area contributed by atoms with Crippen LogP contribution in [0.4, 0.5) is 0 Å². The molecule has 8 heteroatoms. The number of pyridine rings is 1. The maximum Gasteiger partial charge on any atom is 0.255 e. The van der Waals surface area contributed by atoms with Gasteiger partial charge in [-0.25, -0.2) is 0 Å². The normalized spacial score (nSPS) is 18.9. The Hall–Kier alpha value is -2.29. The van der Waals surface area contributed by atoms with Gasteiger partial charge in [0, 0.05) is 30.4 Å². The van der Waals surface area contributed by atoms with Gasteiger partial charge < -0.3 is 20.4 Å². The molecule has 1 aliphatic heterocycles. The van der Waals surface area contributed by atoms with Crippen LogP contribution in [0.2, 0.25) is 0 Å². The molecule has 3 rings (SSSR count). The number of thiophene rings is 1. The second kappa shape index (κ2) is 9.07.